The van der Waals surface area contributed by atoms with Crippen LogP contribution in [0.1, 0.15) is 37.3 Å². The number of benzene rings is 2. The van der Waals surface area contributed by atoms with Gasteiger partial charge in [0.2, 0.25) is 0 Å². The Morgan fingerprint density at radius 3 is 2.18 bits per heavy atom. The zero-order valence-electron chi connectivity index (χ0n) is 13.6. The van der Waals surface area contributed by atoms with E-state index in [0.717, 1.165) is 11.7 Å². The van der Waals surface area contributed by atoms with Gasteiger partial charge in [0.1, 0.15) is 5.75 Å². The number of methoxy groups -OCH3 is 1. The van der Waals surface area contributed by atoms with Gasteiger partial charge in [0.25, 0.3) is 0 Å². The van der Waals surface area contributed by atoms with Gasteiger partial charge in [0.05, 0.1) is 7.11 Å². The lowest BCUT2D eigenvalue weighted by atomic mass is 9.95. The molecule has 0 fully saturated rings. The fourth-order valence-corrected chi connectivity index (χ4v) is 2.73. The molecule has 0 bridgehead atoms. The Bertz CT molecular complexity index is 507. The van der Waals surface area contributed by atoms with E-state index in [1.165, 1.54) is 43.2 Å². The van der Waals surface area contributed by atoms with Crippen molar-refractivity contribution in [2.75, 3.05) is 7.11 Å². The third kappa shape index (κ3) is 6.53. The summed E-state index contributed by atoms with van der Waals surface area (Å²) in [7, 11) is 1.71. The van der Waals surface area contributed by atoms with E-state index in [1.54, 1.807) is 7.11 Å². The van der Waals surface area contributed by atoms with Crippen molar-refractivity contribution < 1.29 is 4.74 Å². The minimum atomic E-state index is 0. The van der Waals surface area contributed by atoms with E-state index in [2.05, 4.69) is 49.4 Å². The largest absolute Gasteiger partial charge is 0.497 e. The van der Waals surface area contributed by atoms with Gasteiger partial charge in [0, 0.05) is 0 Å². The summed E-state index contributed by atoms with van der Waals surface area (Å²) in [5.74, 6) is 1.71. The van der Waals surface area contributed by atoms with Gasteiger partial charge in [-0.15, -0.1) is 12.4 Å². The van der Waals surface area contributed by atoms with Gasteiger partial charge in [0.15, 0.2) is 0 Å². The van der Waals surface area contributed by atoms with Crippen LogP contribution in [0.3, 0.4) is 0 Å². The topological polar surface area (TPSA) is 9.23 Å². The van der Waals surface area contributed by atoms with Crippen LogP contribution in [0.5, 0.6) is 5.75 Å². The van der Waals surface area contributed by atoms with Crippen molar-refractivity contribution in [1.82, 2.24) is 0 Å². The highest BCUT2D eigenvalue weighted by Gasteiger charge is 2.03. The molecule has 0 aromatic heterocycles. The third-order valence-corrected chi connectivity index (χ3v) is 4.00. The van der Waals surface area contributed by atoms with Crippen molar-refractivity contribution >= 4 is 12.4 Å². The number of halogens is 1. The number of hydrogen-bond acceptors (Lipinski definition) is 1. The molecule has 2 aromatic rings. The molecule has 0 aliphatic heterocycles. The standard InChI is InChI=1S/C20H26O.ClH/c1-17(16-19-10-4-3-5-11-19)8-6-7-9-18-12-14-20(21-2)15-13-18;/h3-5,10-15,17H,6-9,16H2,1-2H3;1H. The number of aryl methyl sites for hydroxylation is 1. The van der Waals surface area contributed by atoms with E-state index < -0.39 is 0 Å². The molecule has 0 spiro atoms. The molecule has 2 aromatic carbocycles. The van der Waals surface area contributed by atoms with Crippen LogP contribution in [-0.2, 0) is 12.8 Å². The highest BCUT2D eigenvalue weighted by atomic mass is 35.5. The Morgan fingerprint density at radius 1 is 0.864 bits per heavy atom. The molecule has 120 valence electrons. The first kappa shape index (κ1) is 18.6. The van der Waals surface area contributed by atoms with Crippen molar-refractivity contribution in [2.24, 2.45) is 5.92 Å². The van der Waals surface area contributed by atoms with Gasteiger partial charge in [-0.25, -0.2) is 0 Å². The Morgan fingerprint density at radius 2 is 1.55 bits per heavy atom. The Hall–Kier alpha value is -1.47. The summed E-state index contributed by atoms with van der Waals surface area (Å²) in [5, 5.41) is 0. The minimum absolute atomic E-state index is 0. The average molecular weight is 319 g/mol. The van der Waals surface area contributed by atoms with Crippen molar-refractivity contribution in [3.8, 4) is 5.75 Å². The zero-order chi connectivity index (χ0) is 14.9. The van der Waals surface area contributed by atoms with Crippen LogP contribution in [0.2, 0.25) is 0 Å². The van der Waals surface area contributed by atoms with Gasteiger partial charge in [-0.05, 0) is 48.4 Å². The van der Waals surface area contributed by atoms with E-state index in [-0.39, 0.29) is 12.4 Å². The molecule has 0 saturated carbocycles. The predicted molar refractivity (Wildman–Crippen MR) is 97.1 cm³/mol. The number of ether oxygens (including phenoxy) is 1. The average Bonchev–Trinajstić information content (AvgIpc) is 2.53. The normalized spacial score (nSPS) is 11.5. The van der Waals surface area contributed by atoms with Crippen molar-refractivity contribution in [3.05, 3.63) is 65.7 Å². The minimum Gasteiger partial charge on any atom is -0.497 e. The molecular formula is C20H27ClO. The van der Waals surface area contributed by atoms with E-state index in [9.17, 15) is 0 Å². The van der Waals surface area contributed by atoms with Crippen LogP contribution < -0.4 is 4.74 Å². The maximum Gasteiger partial charge on any atom is 0.118 e. The number of rotatable bonds is 8. The van der Waals surface area contributed by atoms with Crippen LogP contribution in [0.25, 0.3) is 0 Å². The molecule has 1 atom stereocenters. The monoisotopic (exact) mass is 318 g/mol. The molecule has 1 nitrogen and oxygen atoms in total. The molecule has 0 N–H and O–H groups in total. The first-order valence-electron chi connectivity index (χ1n) is 7.95. The molecule has 2 heteroatoms. The zero-order valence-corrected chi connectivity index (χ0v) is 14.4. The van der Waals surface area contributed by atoms with Gasteiger partial charge < -0.3 is 4.74 Å². The molecule has 0 saturated heterocycles. The quantitative estimate of drug-likeness (QED) is 0.566. The molecule has 22 heavy (non-hydrogen) atoms. The first-order chi connectivity index (χ1) is 10.3. The molecule has 2 rings (SSSR count). The summed E-state index contributed by atoms with van der Waals surface area (Å²) in [5.41, 5.74) is 2.87. The second kappa shape index (κ2) is 10.3. The maximum atomic E-state index is 5.18. The Labute approximate surface area is 141 Å². The lowest BCUT2D eigenvalue weighted by molar-refractivity contribution is 0.414. The second-order valence-corrected chi connectivity index (χ2v) is 5.89. The predicted octanol–water partition coefficient (Wildman–Crippen LogP) is 5.71. The molecule has 0 heterocycles. The third-order valence-electron chi connectivity index (χ3n) is 4.00. The van der Waals surface area contributed by atoms with Crippen LogP contribution in [0.15, 0.2) is 54.6 Å². The summed E-state index contributed by atoms with van der Waals surface area (Å²) in [4.78, 5) is 0. The fourth-order valence-electron chi connectivity index (χ4n) is 2.73. The maximum absolute atomic E-state index is 5.18. The Kier molecular flexibility index (Phi) is 8.69. The van der Waals surface area contributed by atoms with Crippen molar-refractivity contribution in [3.63, 3.8) is 0 Å². The van der Waals surface area contributed by atoms with E-state index in [0.29, 0.717) is 0 Å². The van der Waals surface area contributed by atoms with Crippen molar-refractivity contribution in [2.45, 2.75) is 39.0 Å². The van der Waals surface area contributed by atoms with Gasteiger partial charge >= 0.3 is 0 Å². The van der Waals surface area contributed by atoms with Gasteiger partial charge in [-0.1, -0.05) is 62.2 Å². The van der Waals surface area contributed by atoms with Crippen LogP contribution in [-0.4, -0.2) is 7.11 Å². The summed E-state index contributed by atoms with van der Waals surface area (Å²) >= 11 is 0. The summed E-state index contributed by atoms with van der Waals surface area (Å²) in [6, 6.07) is 19.3. The number of unbranched alkanes of at least 4 members (excludes halogenated alkanes) is 1. The molecular weight excluding hydrogens is 292 g/mol. The van der Waals surface area contributed by atoms with Crippen LogP contribution in [0, 0.1) is 5.92 Å². The molecule has 0 amide bonds. The lowest BCUT2D eigenvalue weighted by Crippen LogP contribution is -2.00. The smallest absolute Gasteiger partial charge is 0.118 e. The fraction of sp³-hybridized carbons (Fsp3) is 0.400. The molecule has 0 aliphatic carbocycles. The molecule has 0 radical (unpaired) electrons. The van der Waals surface area contributed by atoms with Gasteiger partial charge in [-0.2, -0.15) is 0 Å². The van der Waals surface area contributed by atoms with Crippen molar-refractivity contribution in [1.29, 1.82) is 0 Å². The highest BCUT2D eigenvalue weighted by molar-refractivity contribution is 5.85. The highest BCUT2D eigenvalue weighted by Crippen LogP contribution is 2.17. The summed E-state index contributed by atoms with van der Waals surface area (Å²) in [6.45, 7) is 2.36. The van der Waals surface area contributed by atoms with E-state index in [1.807, 2.05) is 12.1 Å². The Balaban J connectivity index is 0.00000242. The van der Waals surface area contributed by atoms with Gasteiger partial charge in [-0.3, -0.25) is 0 Å². The molecule has 1 unspecified atom stereocenters. The lowest BCUT2D eigenvalue weighted by Gasteiger charge is -2.11. The second-order valence-electron chi connectivity index (χ2n) is 5.89. The summed E-state index contributed by atoms with van der Waals surface area (Å²) < 4.78 is 5.18. The first-order valence-corrected chi connectivity index (χ1v) is 7.95. The summed E-state index contributed by atoms with van der Waals surface area (Å²) in [6.07, 6.45) is 6.25. The van der Waals surface area contributed by atoms with E-state index >= 15 is 0 Å². The van der Waals surface area contributed by atoms with E-state index in [4.69, 9.17) is 4.74 Å². The molecule has 0 aliphatic rings. The number of hydrogen-bond donors (Lipinski definition) is 0. The SMILES string of the molecule is COc1ccc(CCCCC(C)Cc2ccccc2)cc1.Cl. The van der Waals surface area contributed by atoms with Crippen LogP contribution in [0.4, 0.5) is 0 Å². The van der Waals surface area contributed by atoms with Crippen LogP contribution >= 0.6 is 12.4 Å².